The van der Waals surface area contributed by atoms with Crippen LogP contribution in [0, 0.1) is 5.92 Å². The van der Waals surface area contributed by atoms with Crippen molar-refractivity contribution in [2.75, 3.05) is 19.2 Å². The van der Waals surface area contributed by atoms with Crippen molar-refractivity contribution < 1.29 is 56.8 Å². The second-order valence-electron chi connectivity index (χ2n) is 3.06. The Labute approximate surface area is 118 Å². The molecular weight excluding hydrogens is 247 g/mol. The van der Waals surface area contributed by atoms with Gasteiger partial charge in [-0.15, -0.1) is 0 Å². The Hall–Kier alpha value is 0.340. The number of esters is 1. The average Bonchev–Trinajstić information content (AvgIpc) is 2.14. The smallest absolute Gasteiger partial charge is 0.746 e. The summed E-state index contributed by atoms with van der Waals surface area (Å²) in [5, 5.41) is 0. The molecule has 0 radical (unpaired) electrons. The molecule has 0 saturated carbocycles. The Kier molecular flexibility index (Phi) is 11.0. The Morgan fingerprint density at radius 2 is 1.94 bits per heavy atom. The van der Waals surface area contributed by atoms with Crippen molar-refractivity contribution in [2.45, 2.75) is 20.3 Å². The molecule has 0 amide bonds. The van der Waals surface area contributed by atoms with E-state index in [9.17, 15) is 17.8 Å². The van der Waals surface area contributed by atoms with Gasteiger partial charge in [0.15, 0.2) is 0 Å². The van der Waals surface area contributed by atoms with E-state index in [2.05, 4.69) is 4.74 Å². The zero-order valence-electron chi connectivity index (χ0n) is 9.76. The molecule has 0 N–H and O–H groups in total. The molecule has 0 heterocycles. The molecule has 0 spiro atoms. The van der Waals surface area contributed by atoms with E-state index < -0.39 is 16.1 Å². The fourth-order valence-electron chi connectivity index (χ4n) is 0.671. The molecule has 0 saturated heterocycles. The molecule has 0 fully saturated rings. The summed E-state index contributed by atoms with van der Waals surface area (Å²) in [6, 6.07) is 0. The Bertz CT molecular complexity index is 289. The molecule has 8 heteroatoms. The van der Waals surface area contributed by atoms with Crippen molar-refractivity contribution in [1.29, 1.82) is 0 Å². The van der Waals surface area contributed by atoms with Crippen molar-refractivity contribution in [3.63, 3.8) is 0 Å². The maximum atomic E-state index is 11.1. The van der Waals surface area contributed by atoms with Gasteiger partial charge in [-0.1, -0.05) is 13.8 Å². The molecule has 0 bridgehead atoms. The van der Waals surface area contributed by atoms with Gasteiger partial charge in [0.05, 0.1) is 12.5 Å². The Balaban J connectivity index is 0. The fourth-order valence-corrected chi connectivity index (χ4v) is 0.993. The number of hydrogen-bond donors (Lipinski definition) is 0. The van der Waals surface area contributed by atoms with Crippen LogP contribution in [0.1, 0.15) is 20.3 Å². The summed E-state index contributed by atoms with van der Waals surface area (Å²) in [5.41, 5.74) is 0. The number of rotatable bonds is 7. The summed E-state index contributed by atoms with van der Waals surface area (Å²) in [7, 11) is -4.36. The van der Waals surface area contributed by atoms with Crippen molar-refractivity contribution in [3.8, 4) is 0 Å². The first-order chi connectivity index (χ1) is 6.87. The molecule has 0 aromatic rings. The first-order valence-corrected chi connectivity index (χ1v) is 6.12. The van der Waals surface area contributed by atoms with Crippen molar-refractivity contribution in [1.82, 2.24) is 0 Å². The minimum atomic E-state index is -4.36. The molecule has 6 nitrogen and oxygen atoms in total. The average molecular weight is 262 g/mol. The summed E-state index contributed by atoms with van der Waals surface area (Å²) in [6.07, 6.45) is 0.675. The van der Waals surface area contributed by atoms with Crippen LogP contribution in [0.2, 0.25) is 0 Å². The fraction of sp³-hybridized carbons (Fsp3) is 0.875. The topological polar surface area (TPSA) is 92.7 Å². The number of carbonyl (C=O) groups excluding carboxylic acids is 1. The second kappa shape index (κ2) is 9.38. The number of hydrogen-bond acceptors (Lipinski definition) is 6. The predicted octanol–water partition coefficient (Wildman–Crippen LogP) is -2.90. The van der Waals surface area contributed by atoms with Crippen molar-refractivity contribution in [2.24, 2.45) is 5.92 Å². The third-order valence-electron chi connectivity index (χ3n) is 1.71. The summed E-state index contributed by atoms with van der Waals surface area (Å²) in [6.45, 7) is 3.44. The van der Waals surface area contributed by atoms with E-state index in [1.807, 2.05) is 6.92 Å². The van der Waals surface area contributed by atoms with Crippen LogP contribution in [0.3, 0.4) is 0 Å². The van der Waals surface area contributed by atoms with Crippen molar-refractivity contribution >= 4 is 16.1 Å². The molecule has 1 atom stereocenters. The van der Waals surface area contributed by atoms with E-state index >= 15 is 0 Å². The SMILES string of the molecule is CCC(C)C(=O)OCCOCS(=O)(=O)[O-].[Na+]. The molecule has 0 aliphatic heterocycles. The van der Waals surface area contributed by atoms with E-state index in [1.165, 1.54) is 0 Å². The van der Waals surface area contributed by atoms with Crippen LogP contribution in [-0.4, -0.2) is 38.1 Å². The van der Waals surface area contributed by atoms with Crippen molar-refractivity contribution in [3.05, 3.63) is 0 Å². The Morgan fingerprint density at radius 1 is 1.38 bits per heavy atom. The van der Waals surface area contributed by atoms with Gasteiger partial charge < -0.3 is 14.0 Å². The molecular formula is C8H15NaO6S. The van der Waals surface area contributed by atoms with E-state index in [-0.39, 0.29) is 54.7 Å². The third-order valence-corrected chi connectivity index (χ3v) is 2.17. The van der Waals surface area contributed by atoms with E-state index in [4.69, 9.17) is 4.74 Å². The van der Waals surface area contributed by atoms with Crippen LogP contribution in [0.15, 0.2) is 0 Å². The van der Waals surface area contributed by atoms with Gasteiger partial charge in [0.1, 0.15) is 22.7 Å². The van der Waals surface area contributed by atoms with Crippen LogP contribution < -0.4 is 29.6 Å². The van der Waals surface area contributed by atoms with Crippen LogP contribution >= 0.6 is 0 Å². The van der Waals surface area contributed by atoms with Gasteiger partial charge in [-0.25, -0.2) is 8.42 Å². The zero-order chi connectivity index (χ0) is 11.9. The largest absolute Gasteiger partial charge is 1.00 e. The number of ether oxygens (including phenoxy) is 2. The molecule has 0 rings (SSSR count). The first-order valence-electron chi connectivity index (χ1n) is 4.54. The number of carbonyl (C=O) groups is 1. The maximum absolute atomic E-state index is 11.1. The first kappa shape index (κ1) is 18.7. The van der Waals surface area contributed by atoms with E-state index in [0.29, 0.717) is 6.42 Å². The van der Waals surface area contributed by atoms with Crippen LogP contribution in [-0.2, 0) is 24.4 Å². The molecule has 90 valence electrons. The normalized spacial score (nSPS) is 12.7. The Morgan fingerprint density at radius 3 is 2.38 bits per heavy atom. The molecule has 16 heavy (non-hydrogen) atoms. The molecule has 0 aromatic heterocycles. The molecule has 0 aliphatic carbocycles. The standard InChI is InChI=1S/C8H16O6S.Na/c1-3-7(2)8(9)14-5-4-13-6-15(10,11)12;/h7H,3-6H2,1-2H3,(H,10,11,12);/q;+1/p-1. The molecule has 1 unspecified atom stereocenters. The van der Waals surface area contributed by atoms with Crippen LogP contribution in [0.5, 0.6) is 0 Å². The molecule has 0 aromatic carbocycles. The van der Waals surface area contributed by atoms with Gasteiger partial charge in [-0.05, 0) is 6.42 Å². The molecule has 0 aliphatic rings. The quantitative estimate of drug-likeness (QED) is 0.211. The maximum Gasteiger partial charge on any atom is 1.00 e. The van der Waals surface area contributed by atoms with Gasteiger partial charge in [0.25, 0.3) is 0 Å². The third kappa shape index (κ3) is 10.8. The minimum Gasteiger partial charge on any atom is -0.746 e. The van der Waals surface area contributed by atoms with Gasteiger partial charge in [-0.3, -0.25) is 4.79 Å². The van der Waals surface area contributed by atoms with Crippen LogP contribution in [0.25, 0.3) is 0 Å². The summed E-state index contributed by atoms with van der Waals surface area (Å²) >= 11 is 0. The van der Waals surface area contributed by atoms with Crippen LogP contribution in [0.4, 0.5) is 0 Å². The van der Waals surface area contributed by atoms with E-state index in [0.717, 1.165) is 0 Å². The van der Waals surface area contributed by atoms with E-state index in [1.54, 1.807) is 6.92 Å². The van der Waals surface area contributed by atoms with Gasteiger partial charge >= 0.3 is 35.5 Å². The van der Waals surface area contributed by atoms with Gasteiger partial charge in [0.2, 0.25) is 0 Å². The monoisotopic (exact) mass is 262 g/mol. The zero-order valence-corrected chi connectivity index (χ0v) is 12.6. The predicted molar refractivity (Wildman–Crippen MR) is 50.9 cm³/mol. The minimum absolute atomic E-state index is 0. The van der Waals surface area contributed by atoms with Gasteiger partial charge in [-0.2, -0.15) is 0 Å². The second-order valence-corrected chi connectivity index (χ2v) is 4.41. The summed E-state index contributed by atoms with van der Waals surface area (Å²) in [5.74, 6) is -1.44. The summed E-state index contributed by atoms with van der Waals surface area (Å²) in [4.78, 5) is 11.1. The van der Waals surface area contributed by atoms with Gasteiger partial charge in [0, 0.05) is 0 Å². The summed E-state index contributed by atoms with van der Waals surface area (Å²) < 4.78 is 39.5.